The molecule has 13 heavy (non-hydrogen) atoms. The van der Waals surface area contributed by atoms with Crippen LogP contribution in [0.1, 0.15) is 26.7 Å². The van der Waals surface area contributed by atoms with Crippen LogP contribution in [0.5, 0.6) is 0 Å². The van der Waals surface area contributed by atoms with Gasteiger partial charge in [0.25, 0.3) is 0 Å². The molecule has 0 amide bonds. The molecule has 0 radical (unpaired) electrons. The molecule has 0 aromatic carbocycles. The molecule has 3 heteroatoms. The van der Waals surface area contributed by atoms with Gasteiger partial charge in [-0.1, -0.05) is 0 Å². The first-order valence-corrected chi connectivity index (χ1v) is 4.99. The largest absolute Gasteiger partial charge is 0.396 e. The fourth-order valence-electron chi connectivity index (χ4n) is 1.56. The maximum atomic E-state index is 9.25. The summed E-state index contributed by atoms with van der Waals surface area (Å²) in [6, 6.07) is 0. The average molecular weight is 188 g/mol. The second-order valence-corrected chi connectivity index (χ2v) is 4.13. The summed E-state index contributed by atoms with van der Waals surface area (Å²) >= 11 is 0. The fourth-order valence-corrected chi connectivity index (χ4v) is 1.56. The first kappa shape index (κ1) is 11.0. The summed E-state index contributed by atoms with van der Waals surface area (Å²) < 4.78 is 10.8. The van der Waals surface area contributed by atoms with Crippen molar-refractivity contribution in [3.63, 3.8) is 0 Å². The Kier molecular flexibility index (Phi) is 4.16. The maximum Gasteiger partial charge on any atom is 0.0546 e. The lowest BCUT2D eigenvalue weighted by atomic mass is 9.85. The Morgan fingerprint density at radius 1 is 1.54 bits per heavy atom. The third kappa shape index (κ3) is 3.25. The first-order valence-electron chi connectivity index (χ1n) is 4.99. The maximum absolute atomic E-state index is 9.25. The molecule has 3 nitrogen and oxygen atoms in total. The van der Waals surface area contributed by atoms with Gasteiger partial charge < -0.3 is 14.6 Å². The van der Waals surface area contributed by atoms with E-state index in [2.05, 4.69) is 0 Å². The molecule has 1 aliphatic rings. The third-order valence-electron chi connectivity index (χ3n) is 2.60. The van der Waals surface area contributed by atoms with Gasteiger partial charge in [0, 0.05) is 18.6 Å². The van der Waals surface area contributed by atoms with Gasteiger partial charge in [0.2, 0.25) is 0 Å². The lowest BCUT2D eigenvalue weighted by Gasteiger charge is -2.24. The summed E-state index contributed by atoms with van der Waals surface area (Å²) in [6.07, 6.45) is 2.14. The van der Waals surface area contributed by atoms with Crippen LogP contribution in [0.4, 0.5) is 0 Å². The smallest absolute Gasteiger partial charge is 0.0546 e. The summed E-state index contributed by atoms with van der Waals surface area (Å²) in [5, 5.41) is 9.25. The van der Waals surface area contributed by atoms with Crippen LogP contribution < -0.4 is 0 Å². The van der Waals surface area contributed by atoms with E-state index in [4.69, 9.17) is 9.47 Å². The lowest BCUT2D eigenvalue weighted by molar-refractivity contribution is 0.0239. The molecule has 1 atom stereocenters. The fraction of sp³-hybridized carbons (Fsp3) is 1.00. The minimum Gasteiger partial charge on any atom is -0.396 e. The van der Waals surface area contributed by atoms with Crippen LogP contribution in [0.25, 0.3) is 0 Å². The zero-order valence-corrected chi connectivity index (χ0v) is 8.58. The molecule has 0 saturated carbocycles. The van der Waals surface area contributed by atoms with Crippen LogP contribution in [0, 0.1) is 5.41 Å². The van der Waals surface area contributed by atoms with Crippen molar-refractivity contribution in [3.8, 4) is 0 Å². The van der Waals surface area contributed by atoms with Gasteiger partial charge in [0.1, 0.15) is 0 Å². The number of aliphatic hydroxyl groups is 1. The third-order valence-corrected chi connectivity index (χ3v) is 2.60. The van der Waals surface area contributed by atoms with Crippen LogP contribution in [0.3, 0.4) is 0 Å². The van der Waals surface area contributed by atoms with Crippen molar-refractivity contribution in [3.05, 3.63) is 0 Å². The molecule has 1 rings (SSSR count). The van der Waals surface area contributed by atoms with Crippen molar-refractivity contribution >= 4 is 0 Å². The molecular formula is C10H20O3. The number of ether oxygens (including phenoxy) is 2. The predicted octanol–water partition coefficient (Wildman–Crippen LogP) is 1.20. The lowest BCUT2D eigenvalue weighted by Crippen LogP contribution is -2.28. The van der Waals surface area contributed by atoms with E-state index in [1.165, 1.54) is 0 Å². The second kappa shape index (κ2) is 4.94. The molecule has 0 aromatic heterocycles. The van der Waals surface area contributed by atoms with E-state index in [1.54, 1.807) is 0 Å². The van der Waals surface area contributed by atoms with E-state index in [1.807, 2.05) is 13.8 Å². The number of hydrogen-bond donors (Lipinski definition) is 1. The topological polar surface area (TPSA) is 38.7 Å². The molecule has 78 valence electrons. The standard InChI is InChI=1S/C10H20O3/c1-9(2)13-6-4-10(7-11)3-5-12-8-10/h9,11H,3-8H2,1-2H3. The van der Waals surface area contributed by atoms with E-state index in [9.17, 15) is 5.11 Å². The Balaban J connectivity index is 2.23. The molecule has 1 fully saturated rings. The molecule has 0 aliphatic carbocycles. The normalized spacial score (nSPS) is 28.6. The first-order chi connectivity index (χ1) is 6.18. The minimum absolute atomic E-state index is 0.0190. The highest BCUT2D eigenvalue weighted by molar-refractivity contribution is 4.82. The van der Waals surface area contributed by atoms with Crippen molar-refractivity contribution in [2.45, 2.75) is 32.8 Å². The van der Waals surface area contributed by atoms with Gasteiger partial charge in [-0.05, 0) is 26.7 Å². The highest BCUT2D eigenvalue weighted by Crippen LogP contribution is 2.31. The van der Waals surface area contributed by atoms with E-state index in [-0.39, 0.29) is 18.1 Å². The summed E-state index contributed by atoms with van der Waals surface area (Å²) in [6.45, 7) is 6.46. The van der Waals surface area contributed by atoms with Gasteiger partial charge in [-0.2, -0.15) is 0 Å². The van der Waals surface area contributed by atoms with Crippen molar-refractivity contribution < 1.29 is 14.6 Å². The summed E-state index contributed by atoms with van der Waals surface area (Å²) in [4.78, 5) is 0. The Bertz CT molecular complexity index is 139. The molecule has 0 spiro atoms. The molecule has 1 unspecified atom stereocenters. The van der Waals surface area contributed by atoms with E-state index in [0.29, 0.717) is 6.61 Å². The van der Waals surface area contributed by atoms with Gasteiger partial charge >= 0.3 is 0 Å². The van der Waals surface area contributed by atoms with Gasteiger partial charge in [-0.25, -0.2) is 0 Å². The number of hydrogen-bond acceptors (Lipinski definition) is 3. The van der Waals surface area contributed by atoms with Crippen LogP contribution in [0.2, 0.25) is 0 Å². The van der Waals surface area contributed by atoms with Gasteiger partial charge in [-0.3, -0.25) is 0 Å². The average Bonchev–Trinajstić information content (AvgIpc) is 2.53. The van der Waals surface area contributed by atoms with Crippen molar-refractivity contribution in [2.24, 2.45) is 5.41 Å². The SMILES string of the molecule is CC(C)OCCC1(CO)CCOC1. The van der Waals surface area contributed by atoms with Crippen molar-refractivity contribution in [1.29, 1.82) is 0 Å². The van der Waals surface area contributed by atoms with Crippen molar-refractivity contribution in [2.75, 3.05) is 26.4 Å². The van der Waals surface area contributed by atoms with Gasteiger partial charge in [0.05, 0.1) is 19.3 Å². The quantitative estimate of drug-likeness (QED) is 0.704. The summed E-state index contributed by atoms with van der Waals surface area (Å²) in [7, 11) is 0. The Morgan fingerprint density at radius 3 is 2.77 bits per heavy atom. The monoisotopic (exact) mass is 188 g/mol. The molecule has 0 aromatic rings. The zero-order valence-electron chi connectivity index (χ0n) is 8.58. The van der Waals surface area contributed by atoms with Gasteiger partial charge in [0.15, 0.2) is 0 Å². The second-order valence-electron chi connectivity index (χ2n) is 4.13. The Morgan fingerprint density at radius 2 is 2.31 bits per heavy atom. The predicted molar refractivity (Wildman–Crippen MR) is 50.7 cm³/mol. The van der Waals surface area contributed by atoms with Crippen LogP contribution in [0.15, 0.2) is 0 Å². The summed E-state index contributed by atoms with van der Waals surface area (Å²) in [5.74, 6) is 0. The van der Waals surface area contributed by atoms with Gasteiger partial charge in [-0.15, -0.1) is 0 Å². The van der Waals surface area contributed by atoms with E-state index in [0.717, 1.165) is 26.1 Å². The van der Waals surface area contributed by atoms with E-state index < -0.39 is 0 Å². The highest BCUT2D eigenvalue weighted by Gasteiger charge is 2.33. The molecule has 1 heterocycles. The highest BCUT2D eigenvalue weighted by atomic mass is 16.5. The Labute approximate surface area is 80.0 Å². The molecule has 1 aliphatic heterocycles. The Hall–Kier alpha value is -0.120. The number of aliphatic hydroxyl groups excluding tert-OH is 1. The van der Waals surface area contributed by atoms with E-state index >= 15 is 0 Å². The molecule has 1 saturated heterocycles. The summed E-state index contributed by atoms with van der Waals surface area (Å²) in [5.41, 5.74) is -0.0190. The molecular weight excluding hydrogens is 168 g/mol. The van der Waals surface area contributed by atoms with Crippen molar-refractivity contribution in [1.82, 2.24) is 0 Å². The molecule has 1 N–H and O–H groups in total. The van der Waals surface area contributed by atoms with Crippen LogP contribution in [-0.2, 0) is 9.47 Å². The zero-order chi connectivity index (χ0) is 9.73. The van der Waals surface area contributed by atoms with Crippen LogP contribution in [-0.4, -0.2) is 37.6 Å². The van der Waals surface area contributed by atoms with Crippen LogP contribution >= 0.6 is 0 Å². The number of rotatable bonds is 5. The minimum atomic E-state index is -0.0190. The molecule has 0 bridgehead atoms.